The molecule has 12 heteroatoms. The summed E-state index contributed by atoms with van der Waals surface area (Å²) in [4.78, 5) is 39.7. The summed E-state index contributed by atoms with van der Waals surface area (Å²) in [6.45, 7) is 4.91. The van der Waals surface area contributed by atoms with Crippen molar-refractivity contribution in [3.8, 4) is 17.2 Å². The molecule has 0 aromatic heterocycles. The van der Waals surface area contributed by atoms with E-state index in [1.54, 1.807) is 48.5 Å². The van der Waals surface area contributed by atoms with Gasteiger partial charge in [-0.05, 0) is 98.8 Å². The van der Waals surface area contributed by atoms with E-state index in [9.17, 15) is 14.4 Å². The second-order valence-electron chi connectivity index (χ2n) is 9.11. The van der Waals surface area contributed by atoms with Gasteiger partial charge in [0, 0.05) is 15.6 Å². The van der Waals surface area contributed by atoms with Crippen LogP contribution < -0.4 is 19.5 Å². The number of barbiturate groups is 1. The molecule has 8 nitrogen and oxygen atoms in total. The van der Waals surface area contributed by atoms with Crippen molar-refractivity contribution in [1.29, 1.82) is 0 Å². The number of amides is 4. The number of carbonyl (C=O) groups is 3. The molecule has 3 aromatic carbocycles. The molecule has 1 saturated heterocycles. The van der Waals surface area contributed by atoms with Gasteiger partial charge in [0.1, 0.15) is 17.9 Å². The van der Waals surface area contributed by atoms with Crippen LogP contribution in [0.4, 0.5) is 4.79 Å². The van der Waals surface area contributed by atoms with E-state index in [4.69, 9.17) is 37.4 Å². The molecule has 1 aliphatic heterocycles. The Hall–Kier alpha value is -3.05. The summed E-state index contributed by atoms with van der Waals surface area (Å²) < 4.78 is 18.5. The zero-order valence-corrected chi connectivity index (χ0v) is 27.3. The highest BCUT2D eigenvalue weighted by Crippen LogP contribution is 2.37. The van der Waals surface area contributed by atoms with Gasteiger partial charge in [0.15, 0.2) is 11.5 Å². The van der Waals surface area contributed by atoms with Crippen LogP contribution in [0.3, 0.4) is 0 Å². The quantitative estimate of drug-likeness (QED) is 0.159. The maximum Gasteiger partial charge on any atom is 0.331 e. The number of rotatable bonds is 11. The Balaban J connectivity index is 1.55. The standard InChI is InChI=1S/C30H26Br2Cl2N2O6/c1-3-9-41-25-8-5-17(13-26(25)40-4-2)15-36-29(38)21(28(37)35-30(36)39)10-18-11-22(31)27(23(32)12-18)42-16-19-6-7-20(33)14-24(19)34/h5-8,10-14H,3-4,9,15-16H2,1-2H3,(H,35,37,39)/b21-10+. The molecule has 1 N–H and O–H groups in total. The Kier molecular flexibility index (Phi) is 10.9. The first-order valence-electron chi connectivity index (χ1n) is 12.9. The molecular formula is C30H26Br2Cl2N2O6. The van der Waals surface area contributed by atoms with E-state index >= 15 is 0 Å². The minimum absolute atomic E-state index is 0.0726. The van der Waals surface area contributed by atoms with Gasteiger partial charge < -0.3 is 14.2 Å². The van der Waals surface area contributed by atoms with Crippen molar-refractivity contribution in [1.82, 2.24) is 10.2 Å². The summed E-state index contributed by atoms with van der Waals surface area (Å²) in [6, 6.07) is 12.9. The minimum Gasteiger partial charge on any atom is -0.490 e. The van der Waals surface area contributed by atoms with Crippen LogP contribution in [-0.2, 0) is 22.7 Å². The monoisotopic (exact) mass is 738 g/mol. The molecule has 42 heavy (non-hydrogen) atoms. The molecule has 0 aliphatic carbocycles. The van der Waals surface area contributed by atoms with E-state index in [2.05, 4.69) is 37.2 Å². The number of imide groups is 2. The Morgan fingerprint density at radius 1 is 0.905 bits per heavy atom. The fraction of sp³-hybridized carbons (Fsp3) is 0.233. The van der Waals surface area contributed by atoms with Gasteiger partial charge in [-0.15, -0.1) is 0 Å². The average molecular weight is 741 g/mol. The Bertz CT molecular complexity index is 1540. The first-order valence-corrected chi connectivity index (χ1v) is 15.3. The van der Waals surface area contributed by atoms with E-state index in [1.807, 2.05) is 13.8 Å². The van der Waals surface area contributed by atoms with Crippen LogP contribution in [0, 0.1) is 0 Å². The average Bonchev–Trinajstić information content (AvgIpc) is 2.93. The van der Waals surface area contributed by atoms with Gasteiger partial charge >= 0.3 is 6.03 Å². The van der Waals surface area contributed by atoms with Crippen LogP contribution in [0.5, 0.6) is 17.2 Å². The topological polar surface area (TPSA) is 94.2 Å². The normalized spacial score (nSPS) is 14.3. The Labute approximate surface area is 270 Å². The molecule has 0 radical (unpaired) electrons. The van der Waals surface area contributed by atoms with Gasteiger partial charge in [0.05, 0.1) is 28.7 Å². The largest absolute Gasteiger partial charge is 0.490 e. The smallest absolute Gasteiger partial charge is 0.331 e. The Morgan fingerprint density at radius 3 is 2.31 bits per heavy atom. The summed E-state index contributed by atoms with van der Waals surface area (Å²) in [5, 5.41) is 3.25. The lowest BCUT2D eigenvalue weighted by Gasteiger charge is -2.26. The number of carbonyl (C=O) groups excluding carboxylic acids is 3. The second kappa shape index (κ2) is 14.4. The number of hydrogen-bond acceptors (Lipinski definition) is 6. The van der Waals surface area contributed by atoms with Crippen LogP contribution >= 0.6 is 55.1 Å². The lowest BCUT2D eigenvalue weighted by Crippen LogP contribution is -2.53. The summed E-state index contributed by atoms with van der Waals surface area (Å²) in [6.07, 6.45) is 2.25. The van der Waals surface area contributed by atoms with Crippen molar-refractivity contribution < 1.29 is 28.6 Å². The molecule has 220 valence electrons. The van der Waals surface area contributed by atoms with E-state index in [0.29, 0.717) is 60.6 Å². The highest BCUT2D eigenvalue weighted by Gasteiger charge is 2.36. The van der Waals surface area contributed by atoms with E-state index < -0.39 is 17.8 Å². The van der Waals surface area contributed by atoms with Crippen LogP contribution in [0.15, 0.2) is 63.0 Å². The molecule has 0 saturated carbocycles. The van der Waals surface area contributed by atoms with Gasteiger partial charge in [0.25, 0.3) is 11.8 Å². The molecule has 1 heterocycles. The van der Waals surface area contributed by atoms with E-state index in [-0.39, 0.29) is 18.7 Å². The van der Waals surface area contributed by atoms with Gasteiger partial charge in [-0.25, -0.2) is 4.79 Å². The predicted molar refractivity (Wildman–Crippen MR) is 168 cm³/mol. The number of halogens is 4. The third kappa shape index (κ3) is 7.66. The highest BCUT2D eigenvalue weighted by atomic mass is 79.9. The van der Waals surface area contributed by atoms with Crippen molar-refractivity contribution in [2.45, 2.75) is 33.4 Å². The molecule has 0 unspecified atom stereocenters. The van der Waals surface area contributed by atoms with Crippen molar-refractivity contribution in [3.05, 3.63) is 89.8 Å². The summed E-state index contributed by atoms with van der Waals surface area (Å²) in [5.74, 6) is 0.0707. The SMILES string of the molecule is CCCOc1ccc(CN2C(=O)NC(=O)/C(=C\c3cc(Br)c(OCc4ccc(Cl)cc4Cl)c(Br)c3)C2=O)cc1OCC. The molecule has 4 rings (SSSR count). The van der Waals surface area contributed by atoms with Crippen molar-refractivity contribution >= 4 is 79.0 Å². The van der Waals surface area contributed by atoms with Gasteiger partial charge in [-0.3, -0.25) is 19.8 Å². The predicted octanol–water partition coefficient (Wildman–Crippen LogP) is 7.95. The fourth-order valence-corrected chi connectivity index (χ4v) is 5.94. The second-order valence-corrected chi connectivity index (χ2v) is 11.7. The summed E-state index contributed by atoms with van der Waals surface area (Å²) in [7, 11) is 0. The van der Waals surface area contributed by atoms with Crippen LogP contribution in [-0.4, -0.2) is 36.0 Å². The Morgan fingerprint density at radius 2 is 1.64 bits per heavy atom. The molecule has 0 bridgehead atoms. The van der Waals surface area contributed by atoms with Gasteiger partial charge in [0.2, 0.25) is 0 Å². The third-order valence-electron chi connectivity index (χ3n) is 6.01. The zero-order valence-electron chi connectivity index (χ0n) is 22.6. The maximum atomic E-state index is 13.4. The third-order valence-corrected chi connectivity index (χ3v) is 7.78. The lowest BCUT2D eigenvalue weighted by molar-refractivity contribution is -0.130. The molecule has 3 aromatic rings. The number of nitrogens with zero attached hydrogens (tertiary/aromatic N) is 1. The maximum absolute atomic E-state index is 13.4. The number of urea groups is 1. The number of ether oxygens (including phenoxy) is 3. The van der Waals surface area contributed by atoms with Crippen molar-refractivity contribution in [2.75, 3.05) is 13.2 Å². The zero-order chi connectivity index (χ0) is 30.4. The van der Waals surface area contributed by atoms with Crippen LogP contribution in [0.1, 0.15) is 37.0 Å². The molecule has 1 fully saturated rings. The number of nitrogens with one attached hydrogen (secondary N) is 1. The van der Waals surface area contributed by atoms with Crippen LogP contribution in [0.2, 0.25) is 10.0 Å². The first-order chi connectivity index (χ1) is 20.1. The number of benzene rings is 3. The van der Waals surface area contributed by atoms with Gasteiger partial charge in [-0.2, -0.15) is 0 Å². The fourth-order valence-electron chi connectivity index (χ4n) is 4.03. The van der Waals surface area contributed by atoms with E-state index in [1.165, 1.54) is 6.08 Å². The molecular weight excluding hydrogens is 715 g/mol. The summed E-state index contributed by atoms with van der Waals surface area (Å²) >= 11 is 19.2. The van der Waals surface area contributed by atoms with Crippen LogP contribution in [0.25, 0.3) is 6.08 Å². The highest BCUT2D eigenvalue weighted by molar-refractivity contribution is 9.11. The molecule has 0 atom stereocenters. The first kappa shape index (κ1) is 31.9. The molecule has 1 aliphatic rings. The van der Waals surface area contributed by atoms with Crippen molar-refractivity contribution in [2.24, 2.45) is 0 Å². The van der Waals surface area contributed by atoms with E-state index in [0.717, 1.165) is 16.9 Å². The summed E-state index contributed by atoms with van der Waals surface area (Å²) in [5.41, 5.74) is 1.71. The van der Waals surface area contributed by atoms with Gasteiger partial charge in [-0.1, -0.05) is 42.3 Å². The molecule has 0 spiro atoms. The minimum atomic E-state index is -0.807. The lowest BCUT2D eigenvalue weighted by atomic mass is 10.1. The number of hydrogen-bond donors (Lipinski definition) is 1. The van der Waals surface area contributed by atoms with Crippen molar-refractivity contribution in [3.63, 3.8) is 0 Å². The molecule has 4 amide bonds.